The summed E-state index contributed by atoms with van der Waals surface area (Å²) >= 11 is 5.94. The maximum absolute atomic E-state index is 12.8. The number of carbonyl (C=O) groups is 1. The zero-order valence-corrected chi connectivity index (χ0v) is 15.6. The summed E-state index contributed by atoms with van der Waals surface area (Å²) in [5.74, 6) is -0.106. The van der Waals surface area contributed by atoms with Gasteiger partial charge in [-0.2, -0.15) is 4.31 Å². The molecule has 0 bridgehead atoms. The maximum atomic E-state index is 12.8. The first-order valence-corrected chi connectivity index (χ1v) is 9.09. The number of hydrogen-bond acceptors (Lipinski definition) is 5. The zero-order chi connectivity index (χ0) is 18.6. The lowest BCUT2D eigenvalue weighted by molar-refractivity contribution is 0.0600. The summed E-state index contributed by atoms with van der Waals surface area (Å²) in [5, 5.41) is 0.123. The van der Waals surface area contributed by atoms with Crippen LogP contribution in [-0.4, -0.2) is 40.0 Å². The molecule has 6 nitrogen and oxygen atoms in total. The average Bonchev–Trinajstić information content (AvgIpc) is 2.61. The van der Waals surface area contributed by atoms with Crippen molar-refractivity contribution >= 4 is 27.6 Å². The van der Waals surface area contributed by atoms with Crippen molar-refractivity contribution in [2.75, 3.05) is 21.3 Å². The lowest BCUT2D eigenvalue weighted by Gasteiger charge is -2.19. The van der Waals surface area contributed by atoms with E-state index in [1.54, 1.807) is 24.3 Å². The Morgan fingerprint density at radius 3 is 2.48 bits per heavy atom. The number of carbonyl (C=O) groups excluding carboxylic acids is 1. The van der Waals surface area contributed by atoms with E-state index in [2.05, 4.69) is 4.74 Å². The second-order valence-electron chi connectivity index (χ2n) is 5.21. The van der Waals surface area contributed by atoms with Gasteiger partial charge in [0.25, 0.3) is 0 Å². The molecule has 0 radical (unpaired) electrons. The summed E-state index contributed by atoms with van der Waals surface area (Å²) in [6, 6.07) is 11.1. The van der Waals surface area contributed by atoms with Crippen LogP contribution in [0.2, 0.25) is 5.02 Å². The summed E-state index contributed by atoms with van der Waals surface area (Å²) in [6.45, 7) is 0.114. The third kappa shape index (κ3) is 4.12. The number of nitrogens with zero attached hydrogens (tertiary/aromatic N) is 1. The van der Waals surface area contributed by atoms with Gasteiger partial charge in [-0.3, -0.25) is 0 Å². The molecular formula is C17H18ClNO5S. The van der Waals surface area contributed by atoms with Crippen LogP contribution < -0.4 is 4.74 Å². The van der Waals surface area contributed by atoms with E-state index in [9.17, 15) is 13.2 Å². The average molecular weight is 384 g/mol. The number of hydrogen-bond donors (Lipinski definition) is 0. The standard InChI is InChI=1S/C17H18ClNO5S/c1-19(11-12-6-4-5-7-16(12)23-2)25(21,22)13-8-9-15(18)14(10-13)17(20)24-3/h4-10H,11H2,1-3H3. The molecule has 25 heavy (non-hydrogen) atoms. The Kier molecular flexibility index (Phi) is 6.05. The van der Waals surface area contributed by atoms with E-state index < -0.39 is 16.0 Å². The van der Waals surface area contributed by atoms with Gasteiger partial charge in [0.2, 0.25) is 10.0 Å². The highest BCUT2D eigenvalue weighted by atomic mass is 35.5. The second-order valence-corrected chi connectivity index (χ2v) is 7.66. The molecule has 0 fully saturated rings. The minimum absolute atomic E-state index is 0.00377. The Morgan fingerprint density at radius 2 is 1.84 bits per heavy atom. The molecule has 0 saturated carbocycles. The van der Waals surface area contributed by atoms with Gasteiger partial charge in [-0.1, -0.05) is 29.8 Å². The van der Waals surface area contributed by atoms with Gasteiger partial charge in [0, 0.05) is 19.2 Å². The predicted octanol–water partition coefficient (Wildman–Crippen LogP) is 2.96. The smallest absolute Gasteiger partial charge is 0.339 e. The molecule has 0 spiro atoms. The number of halogens is 1. The van der Waals surface area contributed by atoms with Gasteiger partial charge >= 0.3 is 5.97 Å². The number of benzene rings is 2. The number of ether oxygens (including phenoxy) is 2. The summed E-state index contributed by atoms with van der Waals surface area (Å²) in [6.07, 6.45) is 0. The van der Waals surface area contributed by atoms with Gasteiger partial charge < -0.3 is 9.47 Å². The summed E-state index contributed by atoms with van der Waals surface area (Å²) < 4.78 is 36.6. The van der Waals surface area contributed by atoms with Crippen LogP contribution in [0.4, 0.5) is 0 Å². The van der Waals surface area contributed by atoms with Crippen LogP contribution in [0.25, 0.3) is 0 Å². The van der Waals surface area contributed by atoms with Crippen molar-refractivity contribution in [1.29, 1.82) is 0 Å². The number of esters is 1. The molecule has 0 atom stereocenters. The molecule has 0 saturated heterocycles. The highest BCUT2D eigenvalue weighted by Gasteiger charge is 2.24. The predicted molar refractivity (Wildman–Crippen MR) is 94.4 cm³/mol. The molecule has 0 aliphatic carbocycles. The van der Waals surface area contributed by atoms with Crippen LogP contribution in [0.5, 0.6) is 5.75 Å². The first kappa shape index (κ1) is 19.2. The van der Waals surface area contributed by atoms with Crippen molar-refractivity contribution in [2.24, 2.45) is 0 Å². The first-order valence-electron chi connectivity index (χ1n) is 7.27. The monoisotopic (exact) mass is 383 g/mol. The Bertz CT molecular complexity index is 882. The third-order valence-electron chi connectivity index (χ3n) is 3.64. The van der Waals surface area contributed by atoms with E-state index in [0.717, 1.165) is 5.56 Å². The van der Waals surface area contributed by atoms with Crippen molar-refractivity contribution < 1.29 is 22.7 Å². The minimum atomic E-state index is -3.83. The number of methoxy groups -OCH3 is 2. The molecule has 0 amide bonds. The Hall–Kier alpha value is -2.09. The van der Waals surface area contributed by atoms with E-state index >= 15 is 0 Å². The van der Waals surface area contributed by atoms with Crippen LogP contribution in [-0.2, 0) is 21.3 Å². The van der Waals surface area contributed by atoms with Gasteiger partial charge in [0.1, 0.15) is 5.75 Å². The molecule has 0 aliphatic heterocycles. The Labute approximate surface area is 152 Å². The first-order chi connectivity index (χ1) is 11.8. The maximum Gasteiger partial charge on any atom is 0.339 e. The number of para-hydroxylation sites is 1. The summed E-state index contributed by atoms with van der Waals surface area (Å²) in [5.41, 5.74) is 0.717. The molecular weight excluding hydrogens is 366 g/mol. The van der Waals surface area contributed by atoms with Gasteiger partial charge in [0.05, 0.1) is 29.7 Å². The lowest BCUT2D eigenvalue weighted by Crippen LogP contribution is -2.27. The van der Waals surface area contributed by atoms with Crippen LogP contribution in [0.1, 0.15) is 15.9 Å². The highest BCUT2D eigenvalue weighted by molar-refractivity contribution is 7.89. The Morgan fingerprint density at radius 1 is 1.16 bits per heavy atom. The van der Waals surface area contributed by atoms with Gasteiger partial charge in [0.15, 0.2) is 0 Å². The fraction of sp³-hybridized carbons (Fsp3) is 0.235. The molecule has 134 valence electrons. The summed E-state index contributed by atoms with van der Waals surface area (Å²) in [4.78, 5) is 11.7. The molecule has 0 aromatic heterocycles. The molecule has 2 aromatic rings. The van der Waals surface area contributed by atoms with E-state index in [-0.39, 0.29) is 22.0 Å². The summed E-state index contributed by atoms with van der Waals surface area (Å²) in [7, 11) is 0.346. The van der Waals surface area contributed by atoms with Crippen molar-refractivity contribution in [1.82, 2.24) is 4.31 Å². The van der Waals surface area contributed by atoms with E-state index in [1.807, 2.05) is 0 Å². The zero-order valence-electron chi connectivity index (χ0n) is 14.0. The number of rotatable bonds is 6. The van der Waals surface area contributed by atoms with Crippen molar-refractivity contribution in [3.63, 3.8) is 0 Å². The second kappa shape index (κ2) is 7.86. The van der Waals surface area contributed by atoms with Crippen molar-refractivity contribution in [3.8, 4) is 5.75 Å². The van der Waals surface area contributed by atoms with Crippen LogP contribution in [0, 0.1) is 0 Å². The number of sulfonamides is 1. The van der Waals surface area contributed by atoms with Crippen molar-refractivity contribution in [3.05, 3.63) is 58.6 Å². The van der Waals surface area contributed by atoms with E-state index in [0.29, 0.717) is 5.75 Å². The molecule has 2 rings (SSSR count). The SMILES string of the molecule is COC(=O)c1cc(S(=O)(=O)N(C)Cc2ccccc2OC)ccc1Cl. The quantitative estimate of drug-likeness (QED) is 0.717. The minimum Gasteiger partial charge on any atom is -0.496 e. The topological polar surface area (TPSA) is 72.9 Å². The van der Waals surface area contributed by atoms with Crippen LogP contribution >= 0.6 is 11.6 Å². The molecule has 0 unspecified atom stereocenters. The highest BCUT2D eigenvalue weighted by Crippen LogP contribution is 2.25. The molecule has 0 heterocycles. The van der Waals surface area contributed by atoms with Gasteiger partial charge in [-0.25, -0.2) is 13.2 Å². The molecule has 8 heteroatoms. The van der Waals surface area contributed by atoms with Crippen LogP contribution in [0.15, 0.2) is 47.4 Å². The normalized spacial score (nSPS) is 11.4. The molecule has 0 N–H and O–H groups in total. The lowest BCUT2D eigenvalue weighted by atomic mass is 10.2. The largest absolute Gasteiger partial charge is 0.496 e. The Balaban J connectivity index is 2.36. The molecule has 2 aromatic carbocycles. The fourth-order valence-corrected chi connectivity index (χ4v) is 3.64. The molecule has 0 aliphatic rings. The van der Waals surface area contributed by atoms with E-state index in [4.69, 9.17) is 16.3 Å². The van der Waals surface area contributed by atoms with Crippen molar-refractivity contribution in [2.45, 2.75) is 11.4 Å². The third-order valence-corrected chi connectivity index (χ3v) is 5.77. The fourth-order valence-electron chi connectivity index (χ4n) is 2.27. The van der Waals surface area contributed by atoms with Gasteiger partial charge in [-0.15, -0.1) is 0 Å². The van der Waals surface area contributed by atoms with Crippen LogP contribution in [0.3, 0.4) is 0 Å². The van der Waals surface area contributed by atoms with Gasteiger partial charge in [-0.05, 0) is 24.3 Å². The van der Waals surface area contributed by atoms with E-state index in [1.165, 1.54) is 43.8 Å².